The Labute approximate surface area is 124 Å². The largest absolute Gasteiger partial charge is 0.476 e. The van der Waals surface area contributed by atoms with E-state index in [1.807, 2.05) is 0 Å². The summed E-state index contributed by atoms with van der Waals surface area (Å²) in [5.41, 5.74) is -0.537. The molecule has 0 spiro atoms. The molecule has 0 aliphatic rings. The van der Waals surface area contributed by atoms with E-state index >= 15 is 0 Å². The van der Waals surface area contributed by atoms with Crippen LogP contribution in [0.15, 0.2) is 22.8 Å². The fourth-order valence-corrected chi connectivity index (χ4v) is 1.77. The molecule has 0 aliphatic carbocycles. The molecule has 2 rings (SSSR count). The number of amides is 1. The van der Waals surface area contributed by atoms with Gasteiger partial charge in [0.2, 0.25) is 5.91 Å². The minimum absolute atomic E-state index is 0.00637. The van der Waals surface area contributed by atoms with Crippen LogP contribution in [0.1, 0.15) is 10.5 Å². The van der Waals surface area contributed by atoms with Crippen molar-refractivity contribution in [1.29, 1.82) is 0 Å². The molecule has 10 heteroatoms. The van der Waals surface area contributed by atoms with Gasteiger partial charge in [-0.05, 0) is 22.0 Å². The van der Waals surface area contributed by atoms with Crippen LogP contribution in [-0.2, 0) is 11.3 Å². The minimum Gasteiger partial charge on any atom is -0.476 e. The second kappa shape index (κ2) is 5.95. The van der Waals surface area contributed by atoms with Gasteiger partial charge in [-0.25, -0.2) is 18.3 Å². The highest BCUT2D eigenvalue weighted by Gasteiger charge is 2.13. The molecule has 7 nitrogen and oxygen atoms in total. The lowest BCUT2D eigenvalue weighted by molar-refractivity contribution is -0.117. The van der Waals surface area contributed by atoms with E-state index in [1.165, 1.54) is 0 Å². The Morgan fingerprint density at radius 3 is 2.67 bits per heavy atom. The SMILES string of the molecule is O=C(Cn1cc(C(=O)O)nn1)Nc1cc(Br)c(F)cc1F. The first kappa shape index (κ1) is 15.0. The van der Waals surface area contributed by atoms with Crippen LogP contribution in [0, 0.1) is 11.6 Å². The Balaban J connectivity index is 2.08. The molecule has 1 aromatic heterocycles. The number of anilines is 1. The Morgan fingerprint density at radius 2 is 2.05 bits per heavy atom. The van der Waals surface area contributed by atoms with Crippen molar-refractivity contribution in [2.75, 3.05) is 5.32 Å². The number of carbonyl (C=O) groups is 2. The van der Waals surface area contributed by atoms with E-state index < -0.39 is 23.5 Å². The predicted octanol–water partition coefficient (Wildman–Crippen LogP) is 1.66. The van der Waals surface area contributed by atoms with Gasteiger partial charge in [-0.3, -0.25) is 4.79 Å². The van der Waals surface area contributed by atoms with E-state index in [0.717, 1.165) is 16.9 Å². The molecule has 2 N–H and O–H groups in total. The van der Waals surface area contributed by atoms with E-state index in [9.17, 15) is 18.4 Å². The summed E-state index contributed by atoms with van der Waals surface area (Å²) >= 11 is 2.87. The van der Waals surface area contributed by atoms with Crippen LogP contribution in [0.3, 0.4) is 0 Å². The summed E-state index contributed by atoms with van der Waals surface area (Å²) in [6.45, 7) is -0.366. The maximum absolute atomic E-state index is 13.5. The molecule has 0 saturated carbocycles. The minimum atomic E-state index is -1.28. The molecule has 1 amide bonds. The molecule has 1 heterocycles. The summed E-state index contributed by atoms with van der Waals surface area (Å²) < 4.78 is 27.5. The highest BCUT2D eigenvalue weighted by molar-refractivity contribution is 9.10. The molecule has 0 radical (unpaired) electrons. The van der Waals surface area contributed by atoms with Crippen LogP contribution in [0.25, 0.3) is 0 Å². The molecular formula is C11H7BrF2N4O3. The van der Waals surface area contributed by atoms with E-state index in [0.29, 0.717) is 6.07 Å². The van der Waals surface area contributed by atoms with Crippen molar-refractivity contribution in [1.82, 2.24) is 15.0 Å². The summed E-state index contributed by atoms with van der Waals surface area (Å²) in [6, 6.07) is 1.70. The highest BCUT2D eigenvalue weighted by atomic mass is 79.9. The number of aromatic carboxylic acids is 1. The molecule has 2 aromatic rings. The van der Waals surface area contributed by atoms with Gasteiger partial charge in [0.15, 0.2) is 5.69 Å². The Kier molecular flexibility index (Phi) is 4.26. The zero-order chi connectivity index (χ0) is 15.6. The number of aromatic nitrogens is 3. The molecule has 21 heavy (non-hydrogen) atoms. The number of rotatable bonds is 4. The van der Waals surface area contributed by atoms with Crippen LogP contribution in [-0.4, -0.2) is 32.0 Å². The van der Waals surface area contributed by atoms with Crippen LogP contribution in [0.2, 0.25) is 0 Å². The van der Waals surface area contributed by atoms with Gasteiger partial charge in [0.05, 0.1) is 16.4 Å². The average molecular weight is 361 g/mol. The zero-order valence-electron chi connectivity index (χ0n) is 10.2. The molecule has 110 valence electrons. The number of carboxylic acids is 1. The van der Waals surface area contributed by atoms with Gasteiger partial charge in [-0.2, -0.15) is 0 Å². The van der Waals surface area contributed by atoms with Crippen molar-refractivity contribution >= 4 is 33.5 Å². The van der Waals surface area contributed by atoms with E-state index in [1.54, 1.807) is 0 Å². The normalized spacial score (nSPS) is 10.4. The predicted molar refractivity (Wildman–Crippen MR) is 69.7 cm³/mol. The number of nitrogens with zero attached hydrogens (tertiary/aromatic N) is 3. The lowest BCUT2D eigenvalue weighted by Gasteiger charge is -2.07. The first-order chi connectivity index (χ1) is 9.86. The van der Waals surface area contributed by atoms with Gasteiger partial charge < -0.3 is 10.4 Å². The first-order valence-electron chi connectivity index (χ1n) is 5.44. The highest BCUT2D eigenvalue weighted by Crippen LogP contribution is 2.23. The summed E-state index contributed by atoms with van der Waals surface area (Å²) in [6.07, 6.45) is 1.05. The maximum Gasteiger partial charge on any atom is 0.358 e. The lowest BCUT2D eigenvalue weighted by Crippen LogP contribution is -2.20. The van der Waals surface area contributed by atoms with Gasteiger partial charge in [0.1, 0.15) is 18.2 Å². The van der Waals surface area contributed by atoms with Gasteiger partial charge in [0, 0.05) is 6.07 Å². The smallest absolute Gasteiger partial charge is 0.358 e. The number of carbonyl (C=O) groups excluding carboxylic acids is 1. The molecule has 0 bridgehead atoms. The maximum atomic E-state index is 13.5. The van der Waals surface area contributed by atoms with Crippen LogP contribution in [0.5, 0.6) is 0 Å². The molecule has 1 aromatic carbocycles. The molecular weight excluding hydrogens is 354 g/mol. The van der Waals surface area contributed by atoms with Crippen molar-refractivity contribution in [3.63, 3.8) is 0 Å². The summed E-state index contributed by atoms with van der Waals surface area (Å²) in [5.74, 6) is -3.69. The van der Waals surface area contributed by atoms with E-state index in [-0.39, 0.29) is 22.4 Å². The third kappa shape index (κ3) is 3.60. The van der Waals surface area contributed by atoms with Crippen molar-refractivity contribution < 1.29 is 23.5 Å². The van der Waals surface area contributed by atoms with Crippen LogP contribution >= 0.6 is 15.9 Å². The van der Waals surface area contributed by atoms with Crippen molar-refractivity contribution in [2.45, 2.75) is 6.54 Å². The van der Waals surface area contributed by atoms with Gasteiger partial charge in [-0.15, -0.1) is 5.10 Å². The Hall–Kier alpha value is -2.36. The number of hydrogen-bond acceptors (Lipinski definition) is 4. The zero-order valence-corrected chi connectivity index (χ0v) is 11.8. The van der Waals surface area contributed by atoms with Crippen molar-refractivity contribution in [3.8, 4) is 0 Å². The second-order valence-corrected chi connectivity index (χ2v) is 4.76. The third-order valence-corrected chi connectivity index (χ3v) is 2.96. The van der Waals surface area contributed by atoms with Gasteiger partial charge in [0.25, 0.3) is 0 Å². The summed E-state index contributed by atoms with van der Waals surface area (Å²) in [5, 5.41) is 17.6. The molecule has 0 aliphatic heterocycles. The Morgan fingerprint density at radius 1 is 1.33 bits per heavy atom. The quantitative estimate of drug-likeness (QED) is 0.808. The molecule has 0 saturated heterocycles. The third-order valence-electron chi connectivity index (χ3n) is 2.35. The number of benzene rings is 1. The number of nitrogens with one attached hydrogen (secondary N) is 1. The van der Waals surface area contributed by atoms with Gasteiger partial charge in [-0.1, -0.05) is 5.21 Å². The second-order valence-electron chi connectivity index (χ2n) is 3.90. The standard InChI is InChI=1S/C11H7BrF2N4O3/c12-5-1-8(7(14)2-6(5)13)15-10(19)4-18-3-9(11(20)21)16-17-18/h1-3H,4H2,(H,15,19)(H,20,21). The fourth-order valence-electron chi connectivity index (χ4n) is 1.43. The fraction of sp³-hybridized carbons (Fsp3) is 0.0909. The van der Waals surface area contributed by atoms with Crippen molar-refractivity contribution in [3.05, 3.63) is 40.1 Å². The van der Waals surface area contributed by atoms with E-state index in [4.69, 9.17) is 5.11 Å². The van der Waals surface area contributed by atoms with Gasteiger partial charge >= 0.3 is 5.97 Å². The molecule has 0 atom stereocenters. The van der Waals surface area contributed by atoms with Crippen molar-refractivity contribution in [2.24, 2.45) is 0 Å². The summed E-state index contributed by atoms with van der Waals surface area (Å²) in [4.78, 5) is 22.3. The average Bonchev–Trinajstić information content (AvgIpc) is 2.84. The number of carboxylic acid groups (broad SMARTS) is 1. The monoisotopic (exact) mass is 360 g/mol. The number of hydrogen-bond donors (Lipinski definition) is 2. The molecule has 0 unspecified atom stereocenters. The lowest BCUT2D eigenvalue weighted by atomic mass is 10.3. The molecule has 0 fully saturated rings. The number of halogens is 3. The van der Waals surface area contributed by atoms with Crippen LogP contribution in [0.4, 0.5) is 14.5 Å². The summed E-state index contributed by atoms with van der Waals surface area (Å²) in [7, 11) is 0. The topological polar surface area (TPSA) is 97.1 Å². The first-order valence-corrected chi connectivity index (χ1v) is 6.24. The van der Waals surface area contributed by atoms with E-state index in [2.05, 4.69) is 31.6 Å². The van der Waals surface area contributed by atoms with Crippen LogP contribution < -0.4 is 5.32 Å². The Bertz CT molecular complexity index is 719.